The van der Waals surface area contributed by atoms with E-state index in [1.54, 1.807) is 12.1 Å². The summed E-state index contributed by atoms with van der Waals surface area (Å²) in [5, 5.41) is 13.9. The van der Waals surface area contributed by atoms with Crippen LogP contribution >= 0.6 is 11.3 Å². The van der Waals surface area contributed by atoms with E-state index >= 15 is 0 Å². The van der Waals surface area contributed by atoms with Crippen LogP contribution in [0.1, 0.15) is 35.6 Å². The van der Waals surface area contributed by atoms with Gasteiger partial charge in [0.05, 0.1) is 0 Å². The monoisotopic (exact) mass is 355 g/mol. The Morgan fingerprint density at radius 1 is 1.17 bits per heavy atom. The fourth-order valence-corrected chi connectivity index (χ4v) is 2.30. The minimum atomic E-state index is -2.74. The minimum absolute atomic E-state index is 0.0220. The Kier molecular flexibility index (Phi) is 5.74. The van der Waals surface area contributed by atoms with Crippen LogP contribution in [-0.2, 0) is 0 Å². The SMILES string of the molecule is CC(C)NC(=O)Nc1cccc(C(=O)Nc2nnc(C(F)F)s2)c1. The maximum absolute atomic E-state index is 12.5. The van der Waals surface area contributed by atoms with Crippen LogP contribution in [0, 0.1) is 0 Å². The third-order valence-corrected chi connectivity index (χ3v) is 3.50. The van der Waals surface area contributed by atoms with E-state index in [1.807, 2.05) is 13.8 Å². The summed E-state index contributed by atoms with van der Waals surface area (Å²) in [6.07, 6.45) is -2.74. The Morgan fingerprint density at radius 2 is 1.92 bits per heavy atom. The van der Waals surface area contributed by atoms with Crippen molar-refractivity contribution >= 4 is 34.1 Å². The normalized spacial score (nSPS) is 10.8. The van der Waals surface area contributed by atoms with Gasteiger partial charge in [-0.05, 0) is 32.0 Å². The molecule has 0 atom stereocenters. The van der Waals surface area contributed by atoms with Gasteiger partial charge in [0, 0.05) is 17.3 Å². The second-order valence-corrected chi connectivity index (χ2v) is 6.04. The van der Waals surface area contributed by atoms with E-state index in [2.05, 4.69) is 26.1 Å². The maximum atomic E-state index is 12.5. The van der Waals surface area contributed by atoms with Crippen molar-refractivity contribution in [2.45, 2.75) is 26.3 Å². The van der Waals surface area contributed by atoms with Crippen molar-refractivity contribution < 1.29 is 18.4 Å². The molecule has 7 nitrogen and oxygen atoms in total. The van der Waals surface area contributed by atoms with Gasteiger partial charge in [0.15, 0.2) is 5.01 Å². The Hall–Kier alpha value is -2.62. The lowest BCUT2D eigenvalue weighted by molar-refractivity contribution is 0.102. The van der Waals surface area contributed by atoms with Crippen molar-refractivity contribution in [1.29, 1.82) is 0 Å². The van der Waals surface area contributed by atoms with Gasteiger partial charge in [-0.25, -0.2) is 13.6 Å². The van der Waals surface area contributed by atoms with Gasteiger partial charge in [-0.15, -0.1) is 10.2 Å². The Bertz CT molecular complexity index is 735. The van der Waals surface area contributed by atoms with Crippen molar-refractivity contribution in [3.8, 4) is 0 Å². The lowest BCUT2D eigenvalue weighted by Gasteiger charge is -2.10. The highest BCUT2D eigenvalue weighted by atomic mass is 32.1. The molecule has 1 aromatic carbocycles. The zero-order valence-corrected chi connectivity index (χ0v) is 13.7. The second kappa shape index (κ2) is 7.77. The highest BCUT2D eigenvalue weighted by Crippen LogP contribution is 2.25. The average molecular weight is 355 g/mol. The van der Waals surface area contributed by atoms with Crippen LogP contribution in [0.2, 0.25) is 0 Å². The van der Waals surface area contributed by atoms with Gasteiger partial charge < -0.3 is 10.6 Å². The molecule has 0 spiro atoms. The van der Waals surface area contributed by atoms with Gasteiger partial charge in [-0.1, -0.05) is 17.4 Å². The molecule has 2 rings (SSSR count). The molecule has 0 fully saturated rings. The van der Waals surface area contributed by atoms with Crippen molar-refractivity contribution in [3.05, 3.63) is 34.8 Å². The third kappa shape index (κ3) is 4.95. The number of anilines is 2. The first kappa shape index (κ1) is 17.7. The van der Waals surface area contributed by atoms with Crippen molar-refractivity contribution in [1.82, 2.24) is 15.5 Å². The minimum Gasteiger partial charge on any atom is -0.336 e. The summed E-state index contributed by atoms with van der Waals surface area (Å²) < 4.78 is 24.9. The largest absolute Gasteiger partial charge is 0.336 e. The molecule has 0 saturated heterocycles. The number of benzene rings is 1. The summed E-state index contributed by atoms with van der Waals surface area (Å²) in [7, 11) is 0. The lowest BCUT2D eigenvalue weighted by atomic mass is 10.2. The van der Waals surface area contributed by atoms with Crippen LogP contribution in [0.25, 0.3) is 0 Å². The Morgan fingerprint density at radius 3 is 2.54 bits per heavy atom. The van der Waals surface area contributed by atoms with E-state index in [9.17, 15) is 18.4 Å². The molecule has 0 aliphatic heterocycles. The van der Waals surface area contributed by atoms with Crippen molar-refractivity contribution in [3.63, 3.8) is 0 Å². The zero-order valence-electron chi connectivity index (χ0n) is 12.8. The number of amides is 3. The molecule has 1 aromatic heterocycles. The molecule has 3 amide bonds. The molecule has 10 heteroatoms. The molecule has 0 aliphatic carbocycles. The number of carbonyl (C=O) groups excluding carboxylic acids is 2. The number of halogens is 2. The standard InChI is InChI=1S/C14H15F2N5O2S/c1-7(2)17-13(23)18-9-5-3-4-8(6-9)11(22)19-14-21-20-12(24-14)10(15)16/h3-7,10H,1-2H3,(H2,17,18,23)(H,19,21,22). The molecule has 24 heavy (non-hydrogen) atoms. The van der Waals surface area contributed by atoms with Crippen molar-refractivity contribution in [2.24, 2.45) is 0 Å². The number of hydrogen-bond donors (Lipinski definition) is 3. The molecular formula is C14H15F2N5O2S. The fourth-order valence-electron chi connectivity index (χ4n) is 1.71. The van der Waals surface area contributed by atoms with E-state index in [-0.39, 0.29) is 16.7 Å². The summed E-state index contributed by atoms with van der Waals surface area (Å²) in [6, 6.07) is 5.77. The molecule has 0 unspecified atom stereocenters. The van der Waals surface area contributed by atoms with Crippen LogP contribution < -0.4 is 16.0 Å². The number of urea groups is 1. The lowest BCUT2D eigenvalue weighted by Crippen LogP contribution is -2.34. The number of hydrogen-bond acceptors (Lipinski definition) is 5. The molecule has 0 bridgehead atoms. The maximum Gasteiger partial charge on any atom is 0.319 e. The highest BCUT2D eigenvalue weighted by Gasteiger charge is 2.16. The van der Waals surface area contributed by atoms with Gasteiger partial charge in [0.25, 0.3) is 12.3 Å². The van der Waals surface area contributed by atoms with Crippen LogP contribution in [-0.4, -0.2) is 28.2 Å². The van der Waals surface area contributed by atoms with Crippen LogP contribution in [0.15, 0.2) is 24.3 Å². The Balaban J connectivity index is 2.04. The number of nitrogens with zero attached hydrogens (tertiary/aromatic N) is 2. The number of rotatable bonds is 5. The van der Waals surface area contributed by atoms with Crippen LogP contribution in [0.4, 0.5) is 24.4 Å². The number of aromatic nitrogens is 2. The van der Waals surface area contributed by atoms with E-state index in [0.29, 0.717) is 17.0 Å². The summed E-state index contributed by atoms with van der Waals surface area (Å²) >= 11 is 0.602. The summed E-state index contributed by atoms with van der Waals surface area (Å²) in [6.45, 7) is 3.64. The Labute approximate surface area is 140 Å². The third-order valence-electron chi connectivity index (χ3n) is 2.65. The van der Waals surface area contributed by atoms with Gasteiger partial charge in [-0.3, -0.25) is 10.1 Å². The predicted molar refractivity (Wildman–Crippen MR) is 86.6 cm³/mol. The van der Waals surface area contributed by atoms with Crippen LogP contribution in [0.5, 0.6) is 0 Å². The molecule has 128 valence electrons. The topological polar surface area (TPSA) is 96.0 Å². The average Bonchev–Trinajstić information content (AvgIpc) is 2.95. The molecule has 0 saturated carbocycles. The van der Waals surface area contributed by atoms with E-state index in [4.69, 9.17) is 0 Å². The molecule has 0 aliphatic rings. The summed E-state index contributed by atoms with van der Waals surface area (Å²) in [5.74, 6) is -0.542. The van der Waals surface area contributed by atoms with E-state index in [0.717, 1.165) is 0 Å². The molecule has 1 heterocycles. The van der Waals surface area contributed by atoms with Gasteiger partial charge >= 0.3 is 6.03 Å². The molecule has 3 N–H and O–H groups in total. The highest BCUT2D eigenvalue weighted by molar-refractivity contribution is 7.15. The second-order valence-electron chi connectivity index (χ2n) is 5.03. The molecule has 2 aromatic rings. The van der Waals surface area contributed by atoms with Crippen LogP contribution in [0.3, 0.4) is 0 Å². The smallest absolute Gasteiger partial charge is 0.319 e. The molecular weight excluding hydrogens is 340 g/mol. The number of carbonyl (C=O) groups is 2. The predicted octanol–water partition coefficient (Wildman–Crippen LogP) is 3.26. The molecule has 0 radical (unpaired) electrons. The zero-order chi connectivity index (χ0) is 17.7. The van der Waals surface area contributed by atoms with Gasteiger partial charge in [0.2, 0.25) is 5.13 Å². The summed E-state index contributed by atoms with van der Waals surface area (Å²) in [4.78, 5) is 23.8. The first-order chi connectivity index (χ1) is 11.3. The van der Waals surface area contributed by atoms with E-state index < -0.39 is 23.4 Å². The first-order valence-electron chi connectivity index (χ1n) is 6.95. The number of alkyl halides is 2. The van der Waals surface area contributed by atoms with Gasteiger partial charge in [0.1, 0.15) is 0 Å². The van der Waals surface area contributed by atoms with Gasteiger partial charge in [-0.2, -0.15) is 0 Å². The summed E-state index contributed by atoms with van der Waals surface area (Å²) in [5.41, 5.74) is 0.664. The van der Waals surface area contributed by atoms with E-state index in [1.165, 1.54) is 12.1 Å². The quantitative estimate of drug-likeness (QED) is 0.767. The first-order valence-corrected chi connectivity index (χ1v) is 7.77. The number of nitrogens with one attached hydrogen (secondary N) is 3. The fraction of sp³-hybridized carbons (Fsp3) is 0.286. The van der Waals surface area contributed by atoms with Crippen molar-refractivity contribution in [2.75, 3.05) is 10.6 Å².